The van der Waals surface area contributed by atoms with E-state index in [9.17, 15) is 9.18 Å². The van der Waals surface area contributed by atoms with E-state index in [1.54, 1.807) is 0 Å². The van der Waals surface area contributed by atoms with Crippen molar-refractivity contribution in [1.82, 2.24) is 4.90 Å². The Kier molecular flexibility index (Phi) is 5.02. The Morgan fingerprint density at radius 2 is 2.13 bits per heavy atom. The lowest BCUT2D eigenvalue weighted by molar-refractivity contribution is -0.141. The molecule has 88 valence electrons. The third-order valence-corrected chi connectivity index (χ3v) is 3.13. The molecule has 0 spiro atoms. The van der Waals surface area contributed by atoms with E-state index in [2.05, 4.69) is 9.64 Å². The summed E-state index contributed by atoms with van der Waals surface area (Å²) in [6.45, 7) is 1.74. The number of carbonyl (C=O) groups excluding carboxylic acids is 1. The summed E-state index contributed by atoms with van der Waals surface area (Å²) in [5.41, 5.74) is 0. The molecule has 0 radical (unpaired) electrons. The molecule has 1 aliphatic rings. The van der Waals surface area contributed by atoms with Gasteiger partial charge in [0.25, 0.3) is 0 Å². The van der Waals surface area contributed by atoms with Gasteiger partial charge in [-0.1, -0.05) is 0 Å². The van der Waals surface area contributed by atoms with Gasteiger partial charge in [0, 0.05) is 13.0 Å². The SMILES string of the molecule is COC(=O)CC[C@@H]1CCN(C)CC[C@H]1F. The summed E-state index contributed by atoms with van der Waals surface area (Å²) < 4.78 is 18.2. The molecular weight excluding hydrogens is 197 g/mol. The highest BCUT2D eigenvalue weighted by atomic mass is 19.1. The first-order chi connectivity index (χ1) is 7.13. The first-order valence-corrected chi connectivity index (χ1v) is 5.53. The van der Waals surface area contributed by atoms with Crippen molar-refractivity contribution in [3.63, 3.8) is 0 Å². The summed E-state index contributed by atoms with van der Waals surface area (Å²) in [7, 11) is 3.38. The highest BCUT2D eigenvalue weighted by Crippen LogP contribution is 2.24. The molecule has 1 aliphatic heterocycles. The van der Waals surface area contributed by atoms with E-state index in [1.807, 2.05) is 7.05 Å². The number of carbonyl (C=O) groups is 1. The molecule has 0 saturated carbocycles. The van der Waals surface area contributed by atoms with Crippen molar-refractivity contribution in [3.05, 3.63) is 0 Å². The minimum absolute atomic E-state index is 0.0223. The monoisotopic (exact) mass is 217 g/mol. The van der Waals surface area contributed by atoms with Crippen LogP contribution in [0.2, 0.25) is 0 Å². The fraction of sp³-hybridized carbons (Fsp3) is 0.909. The number of hydrogen-bond acceptors (Lipinski definition) is 3. The van der Waals surface area contributed by atoms with Gasteiger partial charge < -0.3 is 9.64 Å². The van der Waals surface area contributed by atoms with Gasteiger partial charge in [-0.25, -0.2) is 4.39 Å². The number of alkyl halides is 1. The van der Waals surface area contributed by atoms with E-state index in [0.29, 0.717) is 19.3 Å². The van der Waals surface area contributed by atoms with E-state index in [4.69, 9.17) is 0 Å². The number of nitrogens with zero attached hydrogens (tertiary/aromatic N) is 1. The number of hydrogen-bond donors (Lipinski definition) is 0. The van der Waals surface area contributed by atoms with Crippen LogP contribution >= 0.6 is 0 Å². The fourth-order valence-corrected chi connectivity index (χ4v) is 1.99. The zero-order valence-corrected chi connectivity index (χ0v) is 9.54. The number of likely N-dealkylation sites (tertiary alicyclic amines) is 1. The van der Waals surface area contributed by atoms with Gasteiger partial charge in [0.2, 0.25) is 0 Å². The van der Waals surface area contributed by atoms with Crippen LogP contribution < -0.4 is 0 Å². The van der Waals surface area contributed by atoms with Crippen LogP contribution in [0.5, 0.6) is 0 Å². The minimum atomic E-state index is -0.764. The average Bonchev–Trinajstić information content (AvgIpc) is 2.39. The second kappa shape index (κ2) is 6.05. The van der Waals surface area contributed by atoms with Crippen molar-refractivity contribution < 1.29 is 13.9 Å². The predicted molar refractivity (Wildman–Crippen MR) is 56.4 cm³/mol. The van der Waals surface area contributed by atoms with Crippen molar-refractivity contribution in [2.75, 3.05) is 27.2 Å². The maximum atomic E-state index is 13.7. The average molecular weight is 217 g/mol. The molecular formula is C11H20FNO2. The molecule has 4 heteroatoms. The van der Waals surface area contributed by atoms with E-state index in [0.717, 1.165) is 19.5 Å². The molecule has 1 heterocycles. The standard InChI is InChI=1S/C11H20FNO2/c1-13-7-5-9(10(12)6-8-13)3-4-11(14)15-2/h9-10H,3-8H2,1-2H3/t9-,10-/m1/s1. The lowest BCUT2D eigenvalue weighted by atomic mass is 9.93. The summed E-state index contributed by atoms with van der Waals surface area (Å²) in [5, 5.41) is 0. The highest BCUT2D eigenvalue weighted by Gasteiger charge is 2.25. The van der Waals surface area contributed by atoms with Crippen LogP contribution in [0.25, 0.3) is 0 Å². The molecule has 0 aromatic carbocycles. The van der Waals surface area contributed by atoms with Crippen LogP contribution in [0.4, 0.5) is 4.39 Å². The molecule has 1 rings (SSSR count). The van der Waals surface area contributed by atoms with Gasteiger partial charge in [-0.05, 0) is 38.8 Å². The highest BCUT2D eigenvalue weighted by molar-refractivity contribution is 5.69. The fourth-order valence-electron chi connectivity index (χ4n) is 1.99. The van der Waals surface area contributed by atoms with Gasteiger partial charge in [-0.15, -0.1) is 0 Å². The lowest BCUT2D eigenvalue weighted by Crippen LogP contribution is -2.19. The zero-order chi connectivity index (χ0) is 11.3. The van der Waals surface area contributed by atoms with Gasteiger partial charge in [-0.3, -0.25) is 4.79 Å². The van der Waals surface area contributed by atoms with E-state index in [-0.39, 0.29) is 11.9 Å². The summed E-state index contributed by atoms with van der Waals surface area (Å²) in [6, 6.07) is 0. The molecule has 0 aromatic rings. The van der Waals surface area contributed by atoms with Gasteiger partial charge in [0.1, 0.15) is 6.17 Å². The molecule has 1 saturated heterocycles. The van der Waals surface area contributed by atoms with Crippen LogP contribution in [0.3, 0.4) is 0 Å². The van der Waals surface area contributed by atoms with Gasteiger partial charge in [-0.2, -0.15) is 0 Å². The van der Waals surface area contributed by atoms with Crippen LogP contribution in [0.1, 0.15) is 25.7 Å². The summed E-state index contributed by atoms with van der Waals surface area (Å²) in [5.74, 6) is -0.214. The quantitative estimate of drug-likeness (QED) is 0.673. The predicted octanol–water partition coefficient (Wildman–Crippen LogP) is 1.62. The van der Waals surface area contributed by atoms with E-state index in [1.165, 1.54) is 7.11 Å². The molecule has 0 bridgehead atoms. The van der Waals surface area contributed by atoms with Crippen LogP contribution in [0, 0.1) is 5.92 Å². The number of methoxy groups -OCH3 is 1. The maximum Gasteiger partial charge on any atom is 0.305 e. The molecule has 0 N–H and O–H groups in total. The topological polar surface area (TPSA) is 29.5 Å². The van der Waals surface area contributed by atoms with E-state index < -0.39 is 6.17 Å². The molecule has 3 nitrogen and oxygen atoms in total. The van der Waals surface area contributed by atoms with Crippen LogP contribution in [0.15, 0.2) is 0 Å². The first-order valence-electron chi connectivity index (χ1n) is 5.53. The summed E-state index contributed by atoms with van der Waals surface area (Å²) in [4.78, 5) is 13.1. The Morgan fingerprint density at radius 3 is 2.80 bits per heavy atom. The molecule has 0 unspecified atom stereocenters. The zero-order valence-electron chi connectivity index (χ0n) is 9.54. The van der Waals surface area contributed by atoms with Crippen molar-refractivity contribution >= 4 is 5.97 Å². The summed E-state index contributed by atoms with van der Waals surface area (Å²) in [6.07, 6.45) is 1.61. The second-order valence-corrected chi connectivity index (χ2v) is 4.27. The minimum Gasteiger partial charge on any atom is -0.469 e. The molecule has 0 aliphatic carbocycles. The van der Waals surface area contributed by atoms with Gasteiger partial charge in [0.15, 0.2) is 0 Å². The summed E-state index contributed by atoms with van der Waals surface area (Å²) >= 11 is 0. The molecule has 15 heavy (non-hydrogen) atoms. The van der Waals surface area contributed by atoms with Crippen molar-refractivity contribution in [1.29, 1.82) is 0 Å². The number of ether oxygens (including phenoxy) is 1. The smallest absolute Gasteiger partial charge is 0.305 e. The Morgan fingerprint density at radius 1 is 1.47 bits per heavy atom. The van der Waals surface area contributed by atoms with Crippen molar-refractivity contribution in [2.45, 2.75) is 31.9 Å². The molecule has 0 amide bonds. The second-order valence-electron chi connectivity index (χ2n) is 4.27. The number of halogens is 1. The van der Waals surface area contributed by atoms with Gasteiger partial charge in [0.05, 0.1) is 7.11 Å². The number of rotatable bonds is 3. The third kappa shape index (κ3) is 4.16. The number of esters is 1. The first kappa shape index (κ1) is 12.4. The Labute approximate surface area is 90.6 Å². The van der Waals surface area contributed by atoms with Crippen LogP contribution in [-0.2, 0) is 9.53 Å². The third-order valence-electron chi connectivity index (χ3n) is 3.13. The Hall–Kier alpha value is -0.640. The molecule has 2 atom stereocenters. The van der Waals surface area contributed by atoms with Crippen LogP contribution in [-0.4, -0.2) is 44.3 Å². The maximum absolute atomic E-state index is 13.7. The normalized spacial score (nSPS) is 28.5. The van der Waals surface area contributed by atoms with Crippen molar-refractivity contribution in [3.8, 4) is 0 Å². The Bertz CT molecular complexity index is 211. The van der Waals surface area contributed by atoms with Gasteiger partial charge >= 0.3 is 5.97 Å². The lowest BCUT2D eigenvalue weighted by Gasteiger charge is -2.16. The molecule has 0 aromatic heterocycles. The Balaban J connectivity index is 2.35. The largest absolute Gasteiger partial charge is 0.469 e. The molecule has 1 fully saturated rings. The van der Waals surface area contributed by atoms with E-state index >= 15 is 0 Å². The van der Waals surface area contributed by atoms with Crippen molar-refractivity contribution in [2.24, 2.45) is 5.92 Å².